The number of carbonyl (C=O) groups excluding carboxylic acids is 1. The minimum Gasteiger partial charge on any atom is -0.393 e. The average molecular weight is 609 g/mol. The number of piperidine rings is 1. The number of amides is 1. The van der Waals surface area contributed by atoms with Crippen LogP contribution in [0.15, 0.2) is 52.2 Å². The summed E-state index contributed by atoms with van der Waals surface area (Å²) in [4.78, 5) is 20.4. The van der Waals surface area contributed by atoms with E-state index in [0.29, 0.717) is 30.1 Å². The summed E-state index contributed by atoms with van der Waals surface area (Å²) < 4.78 is 7.24. The monoisotopic (exact) mass is 608 g/mol. The number of rotatable bonds is 5. The van der Waals surface area contributed by atoms with Crippen molar-refractivity contribution >= 4 is 27.5 Å². The maximum Gasteiger partial charge on any atom is 0.223 e. The molecule has 1 amide bonds. The van der Waals surface area contributed by atoms with Gasteiger partial charge in [-0.2, -0.15) is 0 Å². The summed E-state index contributed by atoms with van der Waals surface area (Å²) in [6.45, 7) is 10.4. The maximum atomic E-state index is 13.7. The molecule has 2 aliphatic heterocycles. The maximum absolute atomic E-state index is 13.7. The predicted octanol–water partition coefficient (Wildman–Crippen LogP) is 7.47. The van der Waals surface area contributed by atoms with Crippen LogP contribution in [0.25, 0.3) is 0 Å². The van der Waals surface area contributed by atoms with E-state index in [1.807, 2.05) is 24.4 Å². The first-order chi connectivity index (χ1) is 20.2. The van der Waals surface area contributed by atoms with Crippen LogP contribution in [0.5, 0.6) is 0 Å². The lowest BCUT2D eigenvalue weighted by Crippen LogP contribution is -2.54. The van der Waals surface area contributed by atoms with Gasteiger partial charge < -0.3 is 14.7 Å². The predicted molar refractivity (Wildman–Crippen MR) is 171 cm³/mol. The molecule has 0 radical (unpaired) electrons. The van der Waals surface area contributed by atoms with Crippen molar-refractivity contribution in [1.29, 1.82) is 0 Å². The molecule has 228 valence electrons. The first kappa shape index (κ1) is 29.4. The average Bonchev–Trinajstić information content (AvgIpc) is 3.50. The summed E-state index contributed by atoms with van der Waals surface area (Å²) in [6, 6.07) is 6.13. The smallest absolute Gasteiger partial charge is 0.223 e. The number of carbonyl (C=O) groups is 1. The van der Waals surface area contributed by atoms with Crippen LogP contribution in [0.2, 0.25) is 0 Å². The van der Waals surface area contributed by atoms with Crippen molar-refractivity contribution in [3.8, 4) is 0 Å². The van der Waals surface area contributed by atoms with Gasteiger partial charge in [-0.15, -0.1) is 0 Å². The fraction of sp³-hybridized carbons (Fsp3) is 0.714. The van der Waals surface area contributed by atoms with Gasteiger partial charge in [0.15, 0.2) is 0 Å². The van der Waals surface area contributed by atoms with Crippen molar-refractivity contribution in [2.45, 2.75) is 114 Å². The van der Waals surface area contributed by atoms with E-state index >= 15 is 0 Å². The highest BCUT2D eigenvalue weighted by molar-refractivity contribution is 8.76. The SMILES string of the molecule is CC1=C2CC3C(CC=C4CC(O)CCC43C)C2CCC12OC1CC(C)CN(C(=O)CCSSc3ccccn3)C1C2C. The summed E-state index contributed by atoms with van der Waals surface area (Å²) in [7, 11) is 3.38. The molecule has 7 rings (SSSR count). The van der Waals surface area contributed by atoms with Crippen LogP contribution in [0.4, 0.5) is 0 Å². The Morgan fingerprint density at radius 1 is 1.21 bits per heavy atom. The van der Waals surface area contributed by atoms with Gasteiger partial charge in [-0.25, -0.2) is 4.98 Å². The van der Waals surface area contributed by atoms with Gasteiger partial charge in [-0.05, 0) is 116 Å². The Morgan fingerprint density at radius 2 is 2.07 bits per heavy atom. The summed E-state index contributed by atoms with van der Waals surface area (Å²) in [5.41, 5.74) is 4.74. The third kappa shape index (κ3) is 4.75. The van der Waals surface area contributed by atoms with Gasteiger partial charge in [0.05, 0.1) is 23.9 Å². The minimum atomic E-state index is -0.235. The van der Waals surface area contributed by atoms with Crippen LogP contribution in [0.3, 0.4) is 0 Å². The van der Waals surface area contributed by atoms with Crippen molar-refractivity contribution in [3.63, 3.8) is 0 Å². The molecule has 4 aliphatic carbocycles. The molecule has 10 unspecified atom stereocenters. The van der Waals surface area contributed by atoms with Crippen LogP contribution in [0, 0.1) is 35.0 Å². The van der Waals surface area contributed by atoms with E-state index in [-0.39, 0.29) is 35.2 Å². The van der Waals surface area contributed by atoms with Crippen molar-refractivity contribution in [2.24, 2.45) is 35.0 Å². The second kappa shape index (κ2) is 11.3. The standard InChI is InChI=1S/C35H48N2O3S2/c1-21-17-30-33(37(20-21)32(39)12-16-41-42-31-7-5-6-15-36-31)23(3)35(40-30)14-11-26-27-9-8-24-18-25(38)10-13-34(24,4)29(27)19-28(26)22(35)2/h5-8,15,21,23,25-27,29-30,33,38H,9-14,16-20H2,1-4H3. The van der Waals surface area contributed by atoms with E-state index in [1.165, 1.54) is 30.4 Å². The highest BCUT2D eigenvalue weighted by atomic mass is 33.1. The Morgan fingerprint density at radius 3 is 2.88 bits per heavy atom. The molecule has 4 fully saturated rings. The van der Waals surface area contributed by atoms with Crippen LogP contribution in [0.1, 0.15) is 85.5 Å². The molecule has 1 aromatic rings. The molecule has 3 heterocycles. The lowest BCUT2D eigenvalue weighted by molar-refractivity contribution is -0.139. The normalized spacial score (nSPS) is 42.6. The van der Waals surface area contributed by atoms with Crippen LogP contribution < -0.4 is 0 Å². The summed E-state index contributed by atoms with van der Waals surface area (Å²) in [6.07, 6.45) is 13.5. The Labute approximate surface area is 260 Å². The molecule has 42 heavy (non-hydrogen) atoms. The number of ether oxygens (including phenoxy) is 1. The highest BCUT2D eigenvalue weighted by Crippen LogP contribution is 2.65. The Hall–Kier alpha value is -1.28. The van der Waals surface area contributed by atoms with Crippen LogP contribution >= 0.6 is 21.6 Å². The zero-order valence-electron chi connectivity index (χ0n) is 25.8. The van der Waals surface area contributed by atoms with E-state index in [4.69, 9.17) is 4.74 Å². The Bertz CT molecular complexity index is 1270. The van der Waals surface area contributed by atoms with E-state index in [0.717, 1.165) is 55.3 Å². The van der Waals surface area contributed by atoms with E-state index in [1.54, 1.807) is 27.2 Å². The lowest BCUT2D eigenvalue weighted by Gasteiger charge is -2.49. The number of aliphatic hydroxyl groups is 1. The fourth-order valence-corrected chi connectivity index (χ4v) is 12.2. The van der Waals surface area contributed by atoms with Gasteiger partial charge in [0.1, 0.15) is 5.03 Å². The van der Waals surface area contributed by atoms with E-state index in [9.17, 15) is 9.90 Å². The van der Waals surface area contributed by atoms with Crippen molar-refractivity contribution in [3.05, 3.63) is 47.2 Å². The first-order valence-electron chi connectivity index (χ1n) is 16.5. The molecule has 2 saturated heterocycles. The number of nitrogens with zero attached hydrogens (tertiary/aromatic N) is 2. The molecule has 7 heteroatoms. The molecule has 10 atom stereocenters. The van der Waals surface area contributed by atoms with Gasteiger partial charge in [0.2, 0.25) is 5.91 Å². The van der Waals surface area contributed by atoms with Gasteiger partial charge >= 0.3 is 0 Å². The molecule has 0 aromatic carbocycles. The minimum absolute atomic E-state index is 0.129. The fourth-order valence-electron chi connectivity index (χ4n) is 10.4. The molecule has 1 spiro atoms. The summed E-state index contributed by atoms with van der Waals surface area (Å²) in [5.74, 6) is 3.93. The number of aromatic nitrogens is 1. The largest absolute Gasteiger partial charge is 0.393 e. The second-order valence-corrected chi connectivity index (χ2v) is 17.0. The number of pyridine rings is 1. The van der Waals surface area contributed by atoms with Gasteiger partial charge in [-0.1, -0.05) is 54.9 Å². The van der Waals surface area contributed by atoms with Crippen molar-refractivity contribution in [1.82, 2.24) is 9.88 Å². The molecule has 6 aliphatic rings. The number of hydrogen-bond acceptors (Lipinski definition) is 6. The Kier molecular flexibility index (Phi) is 7.89. The third-order valence-corrected chi connectivity index (χ3v) is 14.8. The van der Waals surface area contributed by atoms with Gasteiger partial charge in [0, 0.05) is 30.8 Å². The molecule has 0 bridgehead atoms. The third-order valence-electron chi connectivity index (χ3n) is 12.5. The molecular formula is C35H48N2O3S2. The number of allylic oxidation sites excluding steroid dienone is 2. The lowest BCUT2D eigenvalue weighted by atomic mass is 9.56. The zero-order chi connectivity index (χ0) is 29.2. The second-order valence-electron chi connectivity index (χ2n) is 14.6. The number of fused-ring (bicyclic) bond motifs is 6. The van der Waals surface area contributed by atoms with Crippen LogP contribution in [-0.2, 0) is 9.53 Å². The quantitative estimate of drug-likeness (QED) is 0.213. The zero-order valence-corrected chi connectivity index (χ0v) is 27.4. The first-order valence-corrected chi connectivity index (χ1v) is 18.8. The number of aliphatic hydroxyl groups excluding tert-OH is 1. The van der Waals surface area contributed by atoms with Gasteiger partial charge in [-0.3, -0.25) is 4.79 Å². The van der Waals surface area contributed by atoms with Crippen molar-refractivity contribution < 1.29 is 14.6 Å². The highest BCUT2D eigenvalue weighted by Gasteiger charge is 2.62. The molecule has 5 nitrogen and oxygen atoms in total. The van der Waals surface area contributed by atoms with E-state index < -0.39 is 0 Å². The number of likely N-dealkylation sites (tertiary alicyclic amines) is 1. The van der Waals surface area contributed by atoms with E-state index in [2.05, 4.69) is 43.7 Å². The molecule has 1 aromatic heterocycles. The van der Waals surface area contributed by atoms with Crippen LogP contribution in [-0.4, -0.2) is 57.0 Å². The van der Waals surface area contributed by atoms with Crippen molar-refractivity contribution in [2.75, 3.05) is 12.3 Å². The topological polar surface area (TPSA) is 62.7 Å². The number of hydrogen-bond donors (Lipinski definition) is 1. The Balaban J connectivity index is 1.09. The summed E-state index contributed by atoms with van der Waals surface area (Å²) >= 11 is 0. The van der Waals surface area contributed by atoms with Gasteiger partial charge in [0.25, 0.3) is 0 Å². The molecule has 2 saturated carbocycles. The summed E-state index contributed by atoms with van der Waals surface area (Å²) in [5, 5.41) is 11.4. The molecular weight excluding hydrogens is 561 g/mol. The molecule has 1 N–H and O–H groups in total.